The second-order valence-electron chi connectivity index (χ2n) is 10.5. The summed E-state index contributed by atoms with van der Waals surface area (Å²) in [5.74, 6) is 8.41. The average Bonchev–Trinajstić information content (AvgIpc) is 3.43. The highest BCUT2D eigenvalue weighted by atomic mass is 16.5. The van der Waals surface area contributed by atoms with Crippen LogP contribution in [-0.4, -0.2) is 56.2 Å². The number of nitrogens with zero attached hydrogens (tertiary/aromatic N) is 2. The van der Waals surface area contributed by atoms with Gasteiger partial charge in [-0.15, -0.1) is 6.42 Å². The Labute approximate surface area is 214 Å². The van der Waals surface area contributed by atoms with E-state index in [1.807, 2.05) is 23.1 Å². The first-order valence-electron chi connectivity index (χ1n) is 12.9. The number of esters is 1. The molecule has 1 aromatic rings. The van der Waals surface area contributed by atoms with E-state index in [-0.39, 0.29) is 34.8 Å². The number of carbonyl (C=O) groups is 2. The third-order valence-corrected chi connectivity index (χ3v) is 8.97. The summed E-state index contributed by atoms with van der Waals surface area (Å²) in [5.41, 5.74) is 1.73. The van der Waals surface area contributed by atoms with E-state index in [0.29, 0.717) is 19.3 Å². The Balaban J connectivity index is 1.57. The van der Waals surface area contributed by atoms with Gasteiger partial charge in [0.25, 0.3) is 5.91 Å². The number of hydrogen-bond acceptors (Lipinski definition) is 5. The van der Waals surface area contributed by atoms with Crippen LogP contribution < -0.4 is 9.64 Å². The fourth-order valence-electron chi connectivity index (χ4n) is 7.88. The number of rotatable bonds is 6. The summed E-state index contributed by atoms with van der Waals surface area (Å²) in [6.45, 7) is 2.01. The van der Waals surface area contributed by atoms with Gasteiger partial charge in [-0.05, 0) is 86.6 Å². The van der Waals surface area contributed by atoms with E-state index in [0.717, 1.165) is 56.6 Å². The Hall–Kier alpha value is -3.22. The number of fused-ring (bicyclic) bond motifs is 1. The molecule has 1 amide bonds. The number of carbonyl (C=O) groups excluding carboxylic acids is 2. The van der Waals surface area contributed by atoms with Crippen LogP contribution in [0.4, 0.5) is 5.69 Å². The third kappa shape index (κ3) is 3.62. The number of allylic oxidation sites excluding steroid dienone is 1. The molecule has 2 saturated heterocycles. The lowest BCUT2D eigenvalue weighted by molar-refractivity contribution is -0.148. The molecule has 0 bridgehead atoms. The van der Waals surface area contributed by atoms with Gasteiger partial charge >= 0.3 is 5.97 Å². The van der Waals surface area contributed by atoms with Crippen molar-refractivity contribution in [2.24, 2.45) is 5.41 Å². The largest absolute Gasteiger partial charge is 0.495 e. The van der Waals surface area contributed by atoms with E-state index in [9.17, 15) is 9.59 Å². The first-order chi connectivity index (χ1) is 17.5. The lowest BCUT2D eigenvalue weighted by Gasteiger charge is -2.58. The van der Waals surface area contributed by atoms with E-state index >= 15 is 0 Å². The van der Waals surface area contributed by atoms with Crippen molar-refractivity contribution in [1.82, 2.24) is 4.90 Å². The van der Waals surface area contributed by atoms with Gasteiger partial charge in [0.2, 0.25) is 0 Å². The summed E-state index contributed by atoms with van der Waals surface area (Å²) in [6, 6.07) is 6.40. The molecule has 1 saturated carbocycles. The molecule has 3 heterocycles. The van der Waals surface area contributed by atoms with Crippen molar-refractivity contribution in [3.05, 3.63) is 35.9 Å². The first kappa shape index (κ1) is 24.5. The minimum atomic E-state index is -0.224. The van der Waals surface area contributed by atoms with Gasteiger partial charge < -0.3 is 14.4 Å². The van der Waals surface area contributed by atoms with E-state index in [1.54, 1.807) is 13.2 Å². The second kappa shape index (κ2) is 9.68. The van der Waals surface area contributed by atoms with Crippen LogP contribution in [0.25, 0.3) is 0 Å². The van der Waals surface area contributed by atoms with Crippen LogP contribution in [0.15, 0.2) is 30.4 Å². The molecule has 6 nitrogen and oxygen atoms in total. The fourth-order valence-corrected chi connectivity index (χ4v) is 7.88. The summed E-state index contributed by atoms with van der Waals surface area (Å²) >= 11 is 0. The van der Waals surface area contributed by atoms with Crippen molar-refractivity contribution in [3.8, 4) is 29.9 Å². The van der Waals surface area contributed by atoms with Gasteiger partial charge in [-0.3, -0.25) is 14.5 Å². The van der Waals surface area contributed by atoms with Crippen molar-refractivity contribution in [2.75, 3.05) is 32.2 Å². The van der Waals surface area contributed by atoms with Crippen LogP contribution in [0.5, 0.6) is 5.75 Å². The molecule has 0 aromatic heterocycles. The molecule has 5 rings (SSSR count). The number of hydrogen-bond donors (Lipinski definition) is 0. The predicted octanol–water partition coefficient (Wildman–Crippen LogP) is 3.83. The molecule has 1 spiro atoms. The number of unbranched alkanes of at least 4 members (excludes halogenated alkanes) is 1. The summed E-state index contributed by atoms with van der Waals surface area (Å²) in [7, 11) is 3.15. The van der Waals surface area contributed by atoms with Gasteiger partial charge in [-0.2, -0.15) is 0 Å². The van der Waals surface area contributed by atoms with Crippen molar-refractivity contribution in [2.45, 2.75) is 68.9 Å². The normalized spacial score (nSPS) is 30.0. The minimum absolute atomic E-state index is 0.0257. The fraction of sp³-hybridized carbons (Fsp3) is 0.533. The van der Waals surface area contributed by atoms with E-state index in [4.69, 9.17) is 15.9 Å². The molecule has 1 aromatic carbocycles. The maximum absolute atomic E-state index is 13.8. The van der Waals surface area contributed by atoms with Crippen molar-refractivity contribution in [3.63, 3.8) is 0 Å². The molecular weight excluding hydrogens is 452 g/mol. The van der Waals surface area contributed by atoms with Gasteiger partial charge in [0, 0.05) is 23.9 Å². The number of anilines is 1. The molecule has 3 aliphatic heterocycles. The molecule has 1 aliphatic carbocycles. The van der Waals surface area contributed by atoms with Crippen molar-refractivity contribution < 1.29 is 19.1 Å². The zero-order chi connectivity index (χ0) is 25.3. The number of ether oxygens (including phenoxy) is 2. The van der Waals surface area contributed by atoms with Crippen LogP contribution in [0.3, 0.4) is 0 Å². The summed E-state index contributed by atoms with van der Waals surface area (Å²) in [5, 5.41) is 0. The number of methoxy groups -OCH3 is 2. The predicted molar refractivity (Wildman–Crippen MR) is 138 cm³/mol. The molecule has 36 heavy (non-hydrogen) atoms. The molecule has 0 N–H and O–H groups in total. The minimum Gasteiger partial charge on any atom is -0.495 e. The first-order valence-corrected chi connectivity index (χ1v) is 12.9. The van der Waals surface area contributed by atoms with Crippen LogP contribution in [0, 0.1) is 29.6 Å². The van der Waals surface area contributed by atoms with Gasteiger partial charge in [0.05, 0.1) is 26.3 Å². The highest BCUT2D eigenvalue weighted by Gasteiger charge is 2.69. The van der Waals surface area contributed by atoms with Gasteiger partial charge in [-0.1, -0.05) is 24.1 Å². The van der Waals surface area contributed by atoms with Crippen LogP contribution >= 0.6 is 0 Å². The van der Waals surface area contributed by atoms with E-state index < -0.39 is 0 Å². The number of terminal acetylenes is 1. The zero-order valence-electron chi connectivity index (χ0n) is 21.2. The number of piperidine rings is 1. The Morgan fingerprint density at radius 3 is 2.86 bits per heavy atom. The van der Waals surface area contributed by atoms with Crippen molar-refractivity contribution in [1.29, 1.82) is 0 Å². The second-order valence-corrected chi connectivity index (χ2v) is 10.5. The number of amides is 1. The van der Waals surface area contributed by atoms with Gasteiger partial charge in [0.1, 0.15) is 5.75 Å². The summed E-state index contributed by atoms with van der Waals surface area (Å²) < 4.78 is 11.0. The average molecular weight is 487 g/mol. The molecule has 4 unspecified atom stereocenters. The number of benzene rings is 1. The third-order valence-electron chi connectivity index (χ3n) is 8.97. The lowest BCUT2D eigenvalue weighted by atomic mass is 9.52. The molecule has 3 fully saturated rings. The maximum atomic E-state index is 13.8. The molecule has 4 atom stereocenters. The van der Waals surface area contributed by atoms with Crippen LogP contribution in [-0.2, 0) is 19.7 Å². The highest BCUT2D eigenvalue weighted by molar-refractivity contribution is 6.05. The molecular formula is C30H34N2O4. The Kier molecular flexibility index (Phi) is 6.58. The zero-order valence-corrected chi connectivity index (χ0v) is 21.2. The monoisotopic (exact) mass is 486 g/mol. The Morgan fingerprint density at radius 1 is 1.22 bits per heavy atom. The maximum Gasteiger partial charge on any atom is 0.306 e. The van der Waals surface area contributed by atoms with Gasteiger partial charge in [-0.25, -0.2) is 0 Å². The molecule has 6 heteroatoms. The number of para-hydroxylation sites is 1. The smallest absolute Gasteiger partial charge is 0.306 e. The summed E-state index contributed by atoms with van der Waals surface area (Å²) in [6.07, 6.45) is 15.3. The quantitative estimate of drug-likeness (QED) is 0.265. The highest BCUT2D eigenvalue weighted by Crippen LogP contribution is 2.66. The Bertz CT molecular complexity index is 1190. The SMILES string of the molecule is C#CC#CCCC=CC(=O)N1c2c(OC)cccc2C23CCN4CCCC(CC(=O)OC)(CCC12)C43. The van der Waals surface area contributed by atoms with Crippen molar-refractivity contribution >= 4 is 17.6 Å². The van der Waals surface area contributed by atoms with E-state index in [2.05, 4.69) is 28.7 Å². The van der Waals surface area contributed by atoms with E-state index in [1.165, 1.54) is 12.7 Å². The molecule has 188 valence electrons. The van der Waals surface area contributed by atoms with Gasteiger partial charge in [0.15, 0.2) is 0 Å². The Morgan fingerprint density at radius 2 is 2.08 bits per heavy atom. The van der Waals surface area contributed by atoms with Crippen LogP contribution in [0.2, 0.25) is 0 Å². The molecule has 0 radical (unpaired) electrons. The lowest BCUT2D eigenvalue weighted by Crippen LogP contribution is -2.65. The standard InChI is InChI=1S/C30H34N2O4/c1-4-5-6-7-8-9-14-25(33)32-24-15-17-29(21-26(34)36-3)16-11-19-31-20-18-30(24,28(29)31)22-12-10-13-23(35-2)27(22)32/h1,9-10,12-14,24,28H,7-8,11,15-21H2,2-3H3. The van der Waals surface area contributed by atoms with Crippen LogP contribution in [0.1, 0.15) is 56.9 Å². The summed E-state index contributed by atoms with van der Waals surface area (Å²) in [4.78, 5) is 31.0. The topological polar surface area (TPSA) is 59.1 Å². The molecule has 4 aliphatic rings.